The number of carbonyl (C=O) groups excluding carboxylic acids is 2. The summed E-state index contributed by atoms with van der Waals surface area (Å²) in [7, 11) is -3.71. The molecule has 2 heterocycles. The van der Waals surface area contributed by atoms with Gasteiger partial charge in [0.1, 0.15) is 0 Å². The van der Waals surface area contributed by atoms with Crippen LogP contribution in [0.4, 0.5) is 5.69 Å². The van der Waals surface area contributed by atoms with Gasteiger partial charge in [0.2, 0.25) is 21.8 Å². The van der Waals surface area contributed by atoms with Crippen LogP contribution in [-0.4, -0.2) is 44.2 Å². The summed E-state index contributed by atoms with van der Waals surface area (Å²) in [5.74, 6) is -0.439. The number of piperidine rings is 1. The zero-order valence-corrected chi connectivity index (χ0v) is 19.1. The largest absolute Gasteiger partial charge is 0.349 e. The summed E-state index contributed by atoms with van der Waals surface area (Å²) in [4.78, 5) is 26.6. The fraction of sp³-hybridized carbons (Fsp3) is 0.417. The molecule has 170 valence electrons. The average molecular weight is 456 g/mol. The molecular formula is C24H29N3O4S. The van der Waals surface area contributed by atoms with Crippen molar-refractivity contribution in [1.29, 1.82) is 0 Å². The molecule has 0 bridgehead atoms. The highest BCUT2D eigenvalue weighted by Gasteiger charge is 2.34. The predicted octanol–water partition coefficient (Wildman–Crippen LogP) is 3.09. The highest BCUT2D eigenvalue weighted by Crippen LogP contribution is 2.27. The third-order valence-corrected chi connectivity index (χ3v) is 8.15. The van der Waals surface area contributed by atoms with Gasteiger partial charge in [0, 0.05) is 31.7 Å². The maximum Gasteiger partial charge on any atom is 0.243 e. The van der Waals surface area contributed by atoms with Gasteiger partial charge in [-0.2, -0.15) is 4.31 Å². The van der Waals surface area contributed by atoms with Crippen LogP contribution >= 0.6 is 0 Å². The molecule has 1 N–H and O–H groups in total. The lowest BCUT2D eigenvalue weighted by Gasteiger charge is -2.32. The highest BCUT2D eigenvalue weighted by atomic mass is 32.2. The zero-order chi connectivity index (χ0) is 22.7. The number of nitrogens with zero attached hydrogens (tertiary/aromatic N) is 2. The van der Waals surface area contributed by atoms with Crippen LogP contribution in [0.2, 0.25) is 0 Å². The van der Waals surface area contributed by atoms with Gasteiger partial charge >= 0.3 is 0 Å². The number of hydrogen-bond acceptors (Lipinski definition) is 4. The molecule has 2 aliphatic heterocycles. The van der Waals surface area contributed by atoms with Crippen LogP contribution in [0.1, 0.15) is 44.2 Å². The molecule has 2 saturated heterocycles. The van der Waals surface area contributed by atoms with Gasteiger partial charge in [0.25, 0.3) is 0 Å². The van der Waals surface area contributed by atoms with Crippen LogP contribution in [-0.2, 0) is 19.6 Å². The Bertz CT molecular complexity index is 1070. The van der Waals surface area contributed by atoms with E-state index in [4.69, 9.17) is 0 Å². The summed E-state index contributed by atoms with van der Waals surface area (Å²) in [5.41, 5.74) is 1.73. The van der Waals surface area contributed by atoms with Crippen molar-refractivity contribution in [3.63, 3.8) is 0 Å². The van der Waals surface area contributed by atoms with Gasteiger partial charge < -0.3 is 10.2 Å². The molecule has 8 heteroatoms. The second-order valence-electron chi connectivity index (χ2n) is 8.49. The summed E-state index contributed by atoms with van der Waals surface area (Å²) in [6, 6.07) is 16.0. The van der Waals surface area contributed by atoms with E-state index in [-0.39, 0.29) is 35.2 Å². The number of carbonyl (C=O) groups is 2. The molecule has 0 saturated carbocycles. The van der Waals surface area contributed by atoms with E-state index < -0.39 is 10.0 Å². The Hall–Kier alpha value is -2.71. The van der Waals surface area contributed by atoms with Crippen molar-refractivity contribution in [1.82, 2.24) is 9.62 Å². The lowest BCUT2D eigenvalue weighted by molar-refractivity contribution is -0.126. The third-order valence-electron chi connectivity index (χ3n) is 6.27. The fourth-order valence-corrected chi connectivity index (χ4v) is 5.92. The minimum absolute atomic E-state index is 0.0650. The monoisotopic (exact) mass is 455 g/mol. The smallest absolute Gasteiger partial charge is 0.243 e. The Balaban J connectivity index is 1.42. The van der Waals surface area contributed by atoms with E-state index in [1.54, 1.807) is 29.2 Å². The number of sulfonamides is 1. The van der Waals surface area contributed by atoms with Crippen molar-refractivity contribution in [2.24, 2.45) is 5.92 Å². The van der Waals surface area contributed by atoms with Crippen molar-refractivity contribution in [3.8, 4) is 0 Å². The molecule has 2 aromatic rings. The first-order chi connectivity index (χ1) is 15.4. The number of rotatable bonds is 6. The normalized spacial score (nSPS) is 20.8. The number of nitrogens with one attached hydrogen (secondary N) is 1. The Morgan fingerprint density at radius 3 is 2.41 bits per heavy atom. The molecule has 0 aromatic heterocycles. The summed E-state index contributed by atoms with van der Waals surface area (Å²) < 4.78 is 27.8. The maximum absolute atomic E-state index is 13.2. The number of hydrogen-bond donors (Lipinski definition) is 1. The molecular weight excluding hydrogens is 426 g/mol. The van der Waals surface area contributed by atoms with E-state index in [0.717, 1.165) is 17.7 Å². The summed E-state index contributed by atoms with van der Waals surface area (Å²) >= 11 is 0. The first-order valence-electron chi connectivity index (χ1n) is 11.1. The van der Waals surface area contributed by atoms with Crippen molar-refractivity contribution in [2.45, 2.75) is 43.5 Å². The molecule has 0 spiro atoms. The van der Waals surface area contributed by atoms with Gasteiger partial charge in [-0.05, 0) is 56.0 Å². The van der Waals surface area contributed by atoms with E-state index in [0.29, 0.717) is 32.4 Å². The predicted molar refractivity (Wildman–Crippen MR) is 123 cm³/mol. The summed E-state index contributed by atoms with van der Waals surface area (Å²) in [6.45, 7) is 3.15. The zero-order valence-electron chi connectivity index (χ0n) is 18.2. The number of anilines is 1. The molecule has 7 nitrogen and oxygen atoms in total. The third kappa shape index (κ3) is 4.71. The molecule has 0 radical (unpaired) electrons. The SMILES string of the molecule is C[C@H](NC(=O)[C@H]1CCCN(S(=O)(=O)c2ccc(N3CCCC3=O)cc2)C1)c1ccccc1. The fourth-order valence-electron chi connectivity index (χ4n) is 4.40. The standard InChI is InChI=1S/C24H29N3O4S/c1-18(19-7-3-2-4-8-19)25-24(29)20-9-5-15-26(17-20)32(30,31)22-13-11-21(12-14-22)27-16-6-10-23(27)28/h2-4,7-8,11-14,18,20H,5-6,9-10,15-17H2,1H3,(H,25,29)/t18-,20-/m0/s1. The van der Waals surface area contributed by atoms with Crippen LogP contribution in [0.5, 0.6) is 0 Å². The van der Waals surface area contributed by atoms with Crippen molar-refractivity contribution in [3.05, 3.63) is 60.2 Å². The lowest BCUT2D eigenvalue weighted by Crippen LogP contribution is -2.45. The lowest BCUT2D eigenvalue weighted by atomic mass is 9.98. The molecule has 0 aliphatic carbocycles. The molecule has 2 aromatic carbocycles. The molecule has 2 amide bonds. The Morgan fingerprint density at radius 1 is 1.03 bits per heavy atom. The topological polar surface area (TPSA) is 86.8 Å². The second-order valence-corrected chi connectivity index (χ2v) is 10.4. The van der Waals surface area contributed by atoms with Crippen LogP contribution < -0.4 is 10.2 Å². The second kappa shape index (κ2) is 9.42. The number of benzene rings is 2. The van der Waals surface area contributed by atoms with E-state index in [1.165, 1.54) is 4.31 Å². The van der Waals surface area contributed by atoms with E-state index in [2.05, 4.69) is 5.32 Å². The quantitative estimate of drug-likeness (QED) is 0.725. The Kier molecular flexibility index (Phi) is 6.62. The first-order valence-corrected chi connectivity index (χ1v) is 12.6. The molecule has 0 unspecified atom stereocenters. The van der Waals surface area contributed by atoms with E-state index in [9.17, 15) is 18.0 Å². The van der Waals surface area contributed by atoms with Crippen LogP contribution in [0.25, 0.3) is 0 Å². The van der Waals surface area contributed by atoms with Gasteiger partial charge in [-0.25, -0.2) is 8.42 Å². The van der Waals surface area contributed by atoms with Gasteiger partial charge in [0.15, 0.2) is 0 Å². The van der Waals surface area contributed by atoms with E-state index in [1.807, 2.05) is 37.3 Å². The number of amides is 2. The molecule has 32 heavy (non-hydrogen) atoms. The van der Waals surface area contributed by atoms with Crippen LogP contribution in [0.3, 0.4) is 0 Å². The van der Waals surface area contributed by atoms with Gasteiger partial charge in [-0.1, -0.05) is 30.3 Å². The van der Waals surface area contributed by atoms with E-state index >= 15 is 0 Å². The summed E-state index contributed by atoms with van der Waals surface area (Å²) in [6.07, 6.45) is 2.64. The van der Waals surface area contributed by atoms with Crippen molar-refractivity contribution in [2.75, 3.05) is 24.5 Å². The highest BCUT2D eigenvalue weighted by molar-refractivity contribution is 7.89. The van der Waals surface area contributed by atoms with Crippen LogP contribution in [0, 0.1) is 5.92 Å². The van der Waals surface area contributed by atoms with Gasteiger partial charge in [-0.3, -0.25) is 9.59 Å². The average Bonchev–Trinajstić information content (AvgIpc) is 3.25. The van der Waals surface area contributed by atoms with Crippen molar-refractivity contribution >= 4 is 27.5 Å². The minimum Gasteiger partial charge on any atom is -0.349 e. The van der Waals surface area contributed by atoms with Gasteiger partial charge in [-0.15, -0.1) is 0 Å². The minimum atomic E-state index is -3.71. The Labute approximate surface area is 189 Å². The first kappa shape index (κ1) is 22.5. The molecule has 4 rings (SSSR count). The molecule has 2 atom stereocenters. The summed E-state index contributed by atoms with van der Waals surface area (Å²) in [5, 5.41) is 3.02. The molecule has 2 aliphatic rings. The van der Waals surface area contributed by atoms with Crippen LogP contribution in [0.15, 0.2) is 59.5 Å². The molecule has 2 fully saturated rings. The Morgan fingerprint density at radius 2 is 1.75 bits per heavy atom. The van der Waals surface area contributed by atoms with Crippen molar-refractivity contribution < 1.29 is 18.0 Å². The maximum atomic E-state index is 13.2. The van der Waals surface area contributed by atoms with Gasteiger partial charge in [0.05, 0.1) is 16.9 Å².